The zero-order valence-electron chi connectivity index (χ0n) is 19.1. The van der Waals surface area contributed by atoms with E-state index in [9.17, 15) is 9.59 Å². The van der Waals surface area contributed by atoms with Crippen LogP contribution in [0.1, 0.15) is 30.6 Å². The Hall–Kier alpha value is -3.04. The van der Waals surface area contributed by atoms with Gasteiger partial charge in [0.25, 0.3) is 5.91 Å². The van der Waals surface area contributed by atoms with E-state index in [4.69, 9.17) is 33.3 Å². The first-order chi connectivity index (χ1) is 16.3. The summed E-state index contributed by atoms with van der Waals surface area (Å²) in [5.74, 6) is 1.29. The van der Waals surface area contributed by atoms with Crippen molar-refractivity contribution in [1.82, 2.24) is 10.2 Å². The average Bonchev–Trinajstić information content (AvgIpc) is 3.27. The van der Waals surface area contributed by atoms with Crippen molar-refractivity contribution < 1.29 is 19.1 Å². The Morgan fingerprint density at radius 1 is 1.06 bits per heavy atom. The molecule has 8 nitrogen and oxygen atoms in total. The van der Waals surface area contributed by atoms with Crippen molar-refractivity contribution >= 4 is 52.1 Å². The number of nitrogens with one attached hydrogen (secondary N) is 2. The van der Waals surface area contributed by atoms with Crippen molar-refractivity contribution in [2.24, 2.45) is 5.92 Å². The van der Waals surface area contributed by atoms with Crippen LogP contribution in [-0.4, -0.2) is 54.8 Å². The molecule has 4 rings (SSSR count). The monoisotopic (exact) mass is 502 g/mol. The van der Waals surface area contributed by atoms with Gasteiger partial charge in [0.1, 0.15) is 0 Å². The van der Waals surface area contributed by atoms with Gasteiger partial charge in [0.2, 0.25) is 12.7 Å². The number of carbonyl (C=O) groups excluding carboxylic acids is 2. The lowest BCUT2D eigenvalue weighted by Crippen LogP contribution is -2.49. The number of thiocarbonyl (C=S) groups is 1. The molecule has 2 N–H and O–H groups in total. The van der Waals surface area contributed by atoms with Crippen LogP contribution in [0.2, 0.25) is 5.02 Å². The molecule has 2 aliphatic heterocycles. The van der Waals surface area contributed by atoms with Crippen LogP contribution >= 0.6 is 23.8 Å². The van der Waals surface area contributed by atoms with E-state index in [1.807, 2.05) is 30.9 Å². The van der Waals surface area contributed by atoms with Gasteiger partial charge in [-0.2, -0.15) is 0 Å². The normalized spacial score (nSPS) is 14.8. The van der Waals surface area contributed by atoms with Gasteiger partial charge in [-0.3, -0.25) is 14.9 Å². The maximum Gasteiger partial charge on any atom is 0.257 e. The molecule has 34 heavy (non-hydrogen) atoms. The summed E-state index contributed by atoms with van der Waals surface area (Å²) in [7, 11) is 0. The summed E-state index contributed by atoms with van der Waals surface area (Å²) in [4.78, 5) is 29.2. The van der Waals surface area contributed by atoms with Gasteiger partial charge in [0.15, 0.2) is 16.6 Å². The third-order valence-corrected chi connectivity index (χ3v) is 6.06. The molecule has 0 radical (unpaired) electrons. The second-order valence-corrected chi connectivity index (χ2v) is 9.45. The van der Waals surface area contributed by atoms with Crippen LogP contribution in [0.5, 0.6) is 11.5 Å². The molecular formula is C24H27ClN4O4S. The van der Waals surface area contributed by atoms with E-state index in [1.54, 1.807) is 24.3 Å². The zero-order chi connectivity index (χ0) is 24.2. The van der Waals surface area contributed by atoms with E-state index in [0.29, 0.717) is 66.3 Å². The number of halogens is 1. The fraction of sp³-hybridized carbons (Fsp3) is 0.375. The number of ether oxygens (including phenoxy) is 2. The molecule has 0 spiro atoms. The Morgan fingerprint density at radius 3 is 2.53 bits per heavy atom. The van der Waals surface area contributed by atoms with Crippen molar-refractivity contribution in [3.63, 3.8) is 0 Å². The average molecular weight is 503 g/mol. The molecule has 0 atom stereocenters. The number of amides is 2. The van der Waals surface area contributed by atoms with Crippen LogP contribution in [0.25, 0.3) is 0 Å². The number of nitrogens with zero attached hydrogens (tertiary/aromatic N) is 2. The first-order valence-electron chi connectivity index (χ1n) is 11.1. The van der Waals surface area contributed by atoms with Gasteiger partial charge in [-0.05, 0) is 54.5 Å². The molecule has 1 saturated heterocycles. The van der Waals surface area contributed by atoms with Gasteiger partial charge in [0, 0.05) is 43.2 Å². The number of benzene rings is 2. The summed E-state index contributed by atoms with van der Waals surface area (Å²) in [5.41, 5.74) is 1.99. The summed E-state index contributed by atoms with van der Waals surface area (Å²) < 4.78 is 10.6. The van der Waals surface area contributed by atoms with Crippen molar-refractivity contribution in [2.75, 3.05) is 43.2 Å². The first-order valence-corrected chi connectivity index (χ1v) is 11.9. The topological polar surface area (TPSA) is 83.1 Å². The molecule has 2 aliphatic rings. The number of anilines is 2. The summed E-state index contributed by atoms with van der Waals surface area (Å²) >= 11 is 11.6. The van der Waals surface area contributed by atoms with Crippen LogP contribution in [0.3, 0.4) is 0 Å². The first kappa shape index (κ1) is 24.1. The molecular weight excluding hydrogens is 476 g/mol. The summed E-state index contributed by atoms with van der Waals surface area (Å²) in [6.45, 7) is 6.92. The molecule has 0 aromatic heterocycles. The maximum atomic E-state index is 12.7. The highest BCUT2D eigenvalue weighted by Crippen LogP contribution is 2.33. The molecule has 2 aromatic carbocycles. The Kier molecular flexibility index (Phi) is 7.43. The van der Waals surface area contributed by atoms with Crippen LogP contribution in [0.4, 0.5) is 11.4 Å². The quantitative estimate of drug-likeness (QED) is 0.600. The summed E-state index contributed by atoms with van der Waals surface area (Å²) in [5, 5.41) is 6.49. The lowest BCUT2D eigenvalue weighted by molar-refractivity contribution is -0.132. The number of carbonyl (C=O) groups is 2. The summed E-state index contributed by atoms with van der Waals surface area (Å²) in [6, 6.07) is 10.5. The third kappa shape index (κ3) is 5.71. The lowest BCUT2D eigenvalue weighted by Gasteiger charge is -2.37. The highest BCUT2D eigenvalue weighted by molar-refractivity contribution is 7.80. The van der Waals surface area contributed by atoms with Crippen molar-refractivity contribution in [3.8, 4) is 11.5 Å². The fourth-order valence-electron chi connectivity index (χ4n) is 3.93. The SMILES string of the molecule is CC(C)CC(=O)N1CCN(c2ccc(Cl)cc2NC(=S)NC(=O)c2ccc3c(c2)OCO3)CC1. The van der Waals surface area contributed by atoms with Crippen LogP contribution < -0.4 is 25.0 Å². The minimum Gasteiger partial charge on any atom is -0.454 e. The summed E-state index contributed by atoms with van der Waals surface area (Å²) in [6.07, 6.45) is 0.561. The van der Waals surface area contributed by atoms with Gasteiger partial charge >= 0.3 is 0 Å². The smallest absolute Gasteiger partial charge is 0.257 e. The van der Waals surface area contributed by atoms with Gasteiger partial charge in [-0.15, -0.1) is 0 Å². The molecule has 180 valence electrons. The molecule has 10 heteroatoms. The number of hydrogen-bond acceptors (Lipinski definition) is 6. The van der Waals surface area contributed by atoms with Gasteiger partial charge < -0.3 is 24.6 Å². The number of piperazine rings is 1. The minimum atomic E-state index is -0.364. The Labute approximate surface area is 209 Å². The molecule has 2 amide bonds. The molecule has 0 aliphatic carbocycles. The van der Waals surface area contributed by atoms with E-state index >= 15 is 0 Å². The number of rotatable bonds is 5. The van der Waals surface area contributed by atoms with E-state index in [2.05, 4.69) is 15.5 Å². The van der Waals surface area contributed by atoms with Gasteiger partial charge in [0.05, 0.1) is 11.4 Å². The molecule has 0 unspecified atom stereocenters. The molecule has 0 saturated carbocycles. The molecule has 2 aromatic rings. The second kappa shape index (κ2) is 10.5. The second-order valence-electron chi connectivity index (χ2n) is 8.60. The largest absolute Gasteiger partial charge is 0.454 e. The van der Waals surface area contributed by atoms with E-state index in [0.717, 1.165) is 5.69 Å². The van der Waals surface area contributed by atoms with E-state index < -0.39 is 0 Å². The molecule has 2 heterocycles. The van der Waals surface area contributed by atoms with Gasteiger partial charge in [-0.25, -0.2) is 0 Å². The standard InChI is InChI=1S/C24H27ClN4O4S/c1-15(2)11-22(30)29-9-7-28(8-10-29)19-5-4-17(25)13-18(19)26-24(34)27-23(31)16-3-6-20-21(12-16)33-14-32-20/h3-6,12-13,15H,7-11,14H2,1-2H3,(H2,26,27,31,34). The molecule has 1 fully saturated rings. The molecule has 0 bridgehead atoms. The van der Waals surface area contributed by atoms with Gasteiger partial charge in [-0.1, -0.05) is 25.4 Å². The van der Waals surface area contributed by atoms with Crippen LogP contribution in [0.15, 0.2) is 36.4 Å². The van der Waals surface area contributed by atoms with E-state index in [1.165, 1.54) is 0 Å². The van der Waals surface area contributed by atoms with Crippen LogP contribution in [-0.2, 0) is 4.79 Å². The maximum absolute atomic E-state index is 12.7. The number of fused-ring (bicyclic) bond motifs is 1. The zero-order valence-corrected chi connectivity index (χ0v) is 20.7. The Bertz CT molecular complexity index is 1100. The minimum absolute atomic E-state index is 0.137. The Morgan fingerprint density at radius 2 is 1.79 bits per heavy atom. The predicted octanol–water partition coefficient (Wildman–Crippen LogP) is 3.89. The van der Waals surface area contributed by atoms with Crippen LogP contribution in [0, 0.1) is 5.92 Å². The van der Waals surface area contributed by atoms with Crippen molar-refractivity contribution in [1.29, 1.82) is 0 Å². The highest BCUT2D eigenvalue weighted by atomic mass is 35.5. The highest BCUT2D eigenvalue weighted by Gasteiger charge is 2.24. The fourth-order valence-corrected chi connectivity index (χ4v) is 4.30. The number of hydrogen-bond donors (Lipinski definition) is 2. The van der Waals surface area contributed by atoms with Crippen molar-refractivity contribution in [3.05, 3.63) is 47.0 Å². The Balaban J connectivity index is 1.40. The lowest BCUT2D eigenvalue weighted by atomic mass is 10.1. The predicted molar refractivity (Wildman–Crippen MR) is 136 cm³/mol. The van der Waals surface area contributed by atoms with Crippen molar-refractivity contribution in [2.45, 2.75) is 20.3 Å². The van der Waals surface area contributed by atoms with E-state index in [-0.39, 0.29) is 23.7 Å². The third-order valence-electron chi connectivity index (χ3n) is 5.62.